The minimum absolute atomic E-state index is 0.0956. The normalized spacial score (nSPS) is 12.3. The summed E-state index contributed by atoms with van der Waals surface area (Å²) in [7, 11) is 1.59. The van der Waals surface area contributed by atoms with Crippen molar-refractivity contribution in [2.45, 2.75) is 18.9 Å². The van der Waals surface area contributed by atoms with Crippen molar-refractivity contribution in [3.8, 4) is 11.8 Å². The summed E-state index contributed by atoms with van der Waals surface area (Å²) in [5, 5.41) is 13.3. The van der Waals surface area contributed by atoms with E-state index in [-0.39, 0.29) is 18.6 Å². The van der Waals surface area contributed by atoms with Crippen LogP contribution >= 0.6 is 0 Å². The third kappa shape index (κ3) is 4.42. The fourth-order valence-corrected chi connectivity index (χ4v) is 2.62. The Bertz CT molecular complexity index is 794. The predicted octanol–water partition coefficient (Wildman–Crippen LogP) is 4.04. The van der Waals surface area contributed by atoms with E-state index in [1.165, 1.54) is 0 Å². The number of hydrogen-bond acceptors (Lipinski definition) is 5. The number of hydrogen-bond donors (Lipinski definition) is 1. The summed E-state index contributed by atoms with van der Waals surface area (Å²) in [4.78, 5) is 12.0. The Kier molecular flexibility index (Phi) is 6.40. The highest BCUT2D eigenvalue weighted by molar-refractivity contribution is 5.88. The maximum absolute atomic E-state index is 12.0. The Morgan fingerprint density at radius 2 is 1.85 bits per heavy atom. The van der Waals surface area contributed by atoms with E-state index < -0.39 is 11.5 Å². The fraction of sp³-hybridized carbons (Fsp3) is 0.238. The summed E-state index contributed by atoms with van der Waals surface area (Å²) in [6.07, 6.45) is 0.0956. The molecule has 0 radical (unpaired) electrons. The molecule has 0 aliphatic carbocycles. The number of carbonyl (C=O) groups excluding carboxylic acids is 1. The van der Waals surface area contributed by atoms with Crippen molar-refractivity contribution in [2.24, 2.45) is 0 Å². The van der Waals surface area contributed by atoms with Gasteiger partial charge in [-0.15, -0.1) is 0 Å². The van der Waals surface area contributed by atoms with Gasteiger partial charge in [0.15, 0.2) is 5.54 Å². The molecule has 0 heterocycles. The number of anilines is 1. The average molecular weight is 350 g/mol. The fourth-order valence-electron chi connectivity index (χ4n) is 2.62. The van der Waals surface area contributed by atoms with Gasteiger partial charge < -0.3 is 14.8 Å². The van der Waals surface area contributed by atoms with Crippen LogP contribution in [0.4, 0.5) is 5.69 Å². The molecule has 5 heteroatoms. The van der Waals surface area contributed by atoms with Crippen LogP contribution in [0.5, 0.6) is 5.75 Å². The Morgan fingerprint density at radius 1 is 1.19 bits per heavy atom. The lowest BCUT2D eigenvalue weighted by Gasteiger charge is -2.30. The van der Waals surface area contributed by atoms with Crippen molar-refractivity contribution in [2.75, 3.05) is 19.0 Å². The Labute approximate surface area is 153 Å². The number of nitrogens with zero attached hydrogens (tertiary/aromatic N) is 1. The molecule has 0 fully saturated rings. The molecule has 1 atom stereocenters. The molecule has 0 saturated heterocycles. The van der Waals surface area contributed by atoms with E-state index in [1.807, 2.05) is 42.5 Å². The van der Waals surface area contributed by atoms with Gasteiger partial charge in [-0.1, -0.05) is 36.9 Å². The van der Waals surface area contributed by atoms with Gasteiger partial charge >= 0.3 is 5.97 Å². The molecule has 0 aromatic heterocycles. The van der Waals surface area contributed by atoms with Gasteiger partial charge in [-0.2, -0.15) is 5.26 Å². The third-order valence-corrected chi connectivity index (χ3v) is 3.95. The molecule has 1 unspecified atom stereocenters. The summed E-state index contributed by atoms with van der Waals surface area (Å²) in [5.41, 5.74) is 0.551. The van der Waals surface area contributed by atoms with E-state index in [4.69, 9.17) is 9.47 Å². The van der Waals surface area contributed by atoms with E-state index in [0.29, 0.717) is 5.75 Å². The first kappa shape index (κ1) is 19.1. The lowest BCUT2D eigenvalue weighted by Crippen LogP contribution is -2.35. The standard InChI is InChI=1S/C21H22N2O3/c1-4-26-20(24)16(2)14-21(15-22,17-8-6-5-7-9-17)23-18-10-12-19(25-3)13-11-18/h5-13,23H,2,4,14H2,1,3H3. The van der Waals surface area contributed by atoms with Crippen molar-refractivity contribution in [3.63, 3.8) is 0 Å². The predicted molar refractivity (Wildman–Crippen MR) is 101 cm³/mol. The Hall–Kier alpha value is -3.26. The van der Waals surface area contributed by atoms with Crippen LogP contribution in [0.15, 0.2) is 66.7 Å². The molecule has 1 N–H and O–H groups in total. The molecular weight excluding hydrogens is 328 g/mol. The van der Waals surface area contributed by atoms with Crippen molar-refractivity contribution in [3.05, 3.63) is 72.3 Å². The molecule has 5 nitrogen and oxygen atoms in total. The van der Waals surface area contributed by atoms with Gasteiger partial charge in [0, 0.05) is 17.7 Å². The van der Waals surface area contributed by atoms with Crippen LogP contribution in [0.3, 0.4) is 0 Å². The molecule has 0 aliphatic heterocycles. The number of rotatable bonds is 8. The first-order chi connectivity index (χ1) is 12.5. The minimum atomic E-state index is -1.15. The topological polar surface area (TPSA) is 71.3 Å². The lowest BCUT2D eigenvalue weighted by atomic mass is 9.84. The quantitative estimate of drug-likeness (QED) is 0.575. The number of methoxy groups -OCH3 is 1. The van der Waals surface area contributed by atoms with Gasteiger partial charge in [0.25, 0.3) is 0 Å². The maximum atomic E-state index is 12.0. The highest BCUT2D eigenvalue weighted by atomic mass is 16.5. The van der Waals surface area contributed by atoms with E-state index in [1.54, 1.807) is 26.2 Å². The third-order valence-electron chi connectivity index (χ3n) is 3.95. The van der Waals surface area contributed by atoms with Crippen molar-refractivity contribution < 1.29 is 14.3 Å². The second-order valence-corrected chi connectivity index (χ2v) is 5.74. The molecule has 2 rings (SSSR count). The van der Waals surface area contributed by atoms with Crippen molar-refractivity contribution in [1.82, 2.24) is 0 Å². The van der Waals surface area contributed by atoms with Crippen molar-refractivity contribution >= 4 is 11.7 Å². The largest absolute Gasteiger partial charge is 0.497 e. The van der Waals surface area contributed by atoms with Gasteiger partial charge in [0.2, 0.25) is 0 Å². The zero-order valence-corrected chi connectivity index (χ0v) is 15.0. The number of esters is 1. The summed E-state index contributed by atoms with van der Waals surface area (Å²) in [6, 6.07) is 18.8. The van der Waals surface area contributed by atoms with Gasteiger partial charge in [-0.25, -0.2) is 4.79 Å². The SMILES string of the molecule is C=C(CC(C#N)(Nc1ccc(OC)cc1)c1ccccc1)C(=O)OCC. The molecule has 134 valence electrons. The van der Waals surface area contributed by atoms with Crippen molar-refractivity contribution in [1.29, 1.82) is 5.26 Å². The lowest BCUT2D eigenvalue weighted by molar-refractivity contribution is -0.138. The summed E-state index contributed by atoms with van der Waals surface area (Å²) in [5.74, 6) is 0.216. The number of nitriles is 1. The van der Waals surface area contributed by atoms with E-state index >= 15 is 0 Å². The first-order valence-electron chi connectivity index (χ1n) is 8.28. The summed E-state index contributed by atoms with van der Waals surface area (Å²) < 4.78 is 10.2. The summed E-state index contributed by atoms with van der Waals surface area (Å²) >= 11 is 0. The van der Waals surface area contributed by atoms with Crippen LogP contribution < -0.4 is 10.1 Å². The highest BCUT2D eigenvalue weighted by Crippen LogP contribution is 2.33. The molecule has 2 aromatic rings. The number of nitrogens with one attached hydrogen (secondary N) is 1. The van der Waals surface area contributed by atoms with Gasteiger partial charge in [0.1, 0.15) is 5.75 Å². The molecule has 2 aromatic carbocycles. The number of benzene rings is 2. The zero-order chi connectivity index (χ0) is 19.0. The minimum Gasteiger partial charge on any atom is -0.497 e. The smallest absolute Gasteiger partial charge is 0.333 e. The molecule has 0 aliphatic rings. The number of carbonyl (C=O) groups is 1. The first-order valence-corrected chi connectivity index (χ1v) is 8.28. The van der Waals surface area contributed by atoms with Crippen LogP contribution in [-0.4, -0.2) is 19.7 Å². The van der Waals surface area contributed by atoms with E-state index in [2.05, 4.69) is 18.0 Å². The van der Waals surface area contributed by atoms with Gasteiger partial charge in [0.05, 0.1) is 19.8 Å². The maximum Gasteiger partial charge on any atom is 0.333 e. The van der Waals surface area contributed by atoms with Crippen LogP contribution in [0.1, 0.15) is 18.9 Å². The van der Waals surface area contributed by atoms with Crippen LogP contribution in [0.25, 0.3) is 0 Å². The summed E-state index contributed by atoms with van der Waals surface area (Å²) in [6.45, 7) is 5.81. The highest BCUT2D eigenvalue weighted by Gasteiger charge is 2.35. The molecule has 0 bridgehead atoms. The molecule has 26 heavy (non-hydrogen) atoms. The van der Waals surface area contributed by atoms with Gasteiger partial charge in [-0.3, -0.25) is 0 Å². The molecule has 0 saturated carbocycles. The molecular formula is C21H22N2O3. The van der Waals surface area contributed by atoms with E-state index in [0.717, 1.165) is 11.3 Å². The Balaban J connectivity index is 2.38. The second kappa shape index (κ2) is 8.72. The molecule has 0 spiro atoms. The van der Waals surface area contributed by atoms with Crippen LogP contribution in [0, 0.1) is 11.3 Å². The number of ether oxygens (including phenoxy) is 2. The van der Waals surface area contributed by atoms with Crippen LogP contribution in [0.2, 0.25) is 0 Å². The van der Waals surface area contributed by atoms with E-state index in [9.17, 15) is 10.1 Å². The second-order valence-electron chi connectivity index (χ2n) is 5.74. The van der Waals surface area contributed by atoms with Gasteiger partial charge in [-0.05, 0) is 36.8 Å². The average Bonchev–Trinajstić information content (AvgIpc) is 2.68. The van der Waals surface area contributed by atoms with Crippen LogP contribution in [-0.2, 0) is 15.1 Å². The zero-order valence-electron chi connectivity index (χ0n) is 15.0. The molecule has 0 amide bonds. The monoisotopic (exact) mass is 350 g/mol. The Morgan fingerprint density at radius 3 is 2.38 bits per heavy atom.